The minimum Gasteiger partial charge on any atom is -0.374 e. The second-order valence-electron chi connectivity index (χ2n) is 3.76. The summed E-state index contributed by atoms with van der Waals surface area (Å²) in [5.41, 5.74) is 1.09. The molecule has 0 aromatic carbocycles. The van der Waals surface area contributed by atoms with E-state index in [1.807, 2.05) is 6.92 Å². The van der Waals surface area contributed by atoms with E-state index in [1.165, 1.54) is 6.42 Å². The largest absolute Gasteiger partial charge is 0.374 e. The van der Waals surface area contributed by atoms with E-state index in [0.717, 1.165) is 30.4 Å². The molecule has 1 N–H and O–H groups in total. The van der Waals surface area contributed by atoms with Crippen LogP contribution in [0.3, 0.4) is 0 Å². The number of rotatable bonds is 4. The van der Waals surface area contributed by atoms with Gasteiger partial charge in [-0.1, -0.05) is 0 Å². The molecule has 3 nitrogen and oxygen atoms in total. The molecule has 2 heterocycles. The molecule has 1 fully saturated rings. The van der Waals surface area contributed by atoms with E-state index in [4.69, 9.17) is 4.74 Å². The topological polar surface area (TPSA) is 34.1 Å². The summed E-state index contributed by atoms with van der Waals surface area (Å²) in [6.45, 7) is 5.81. The Bertz CT molecular complexity index is 281. The molecule has 0 saturated carbocycles. The number of nitrogens with one attached hydrogen (secondary N) is 1. The van der Waals surface area contributed by atoms with Gasteiger partial charge in [0, 0.05) is 17.6 Å². The highest BCUT2D eigenvalue weighted by Gasteiger charge is 2.14. The predicted octanol–water partition coefficient (Wildman–Crippen LogP) is 1.58. The van der Waals surface area contributed by atoms with Crippen LogP contribution in [0.5, 0.6) is 0 Å². The summed E-state index contributed by atoms with van der Waals surface area (Å²) < 4.78 is 5.62. The molecule has 1 saturated heterocycles. The third kappa shape index (κ3) is 2.77. The first-order chi connectivity index (χ1) is 6.84. The second-order valence-corrected chi connectivity index (χ2v) is 4.70. The van der Waals surface area contributed by atoms with E-state index >= 15 is 0 Å². The SMILES string of the molecule is Cc1csc(COCC2CCNC2)n1. The lowest BCUT2D eigenvalue weighted by Crippen LogP contribution is -2.13. The third-order valence-electron chi connectivity index (χ3n) is 2.41. The summed E-state index contributed by atoms with van der Waals surface area (Å²) in [5, 5.41) is 6.49. The van der Waals surface area contributed by atoms with E-state index in [1.54, 1.807) is 11.3 Å². The number of aromatic nitrogens is 1. The van der Waals surface area contributed by atoms with Crippen molar-refractivity contribution in [2.24, 2.45) is 5.92 Å². The second kappa shape index (κ2) is 4.87. The first-order valence-electron chi connectivity index (χ1n) is 5.04. The van der Waals surface area contributed by atoms with Gasteiger partial charge in [-0.3, -0.25) is 0 Å². The molecule has 78 valence electrons. The molecule has 0 amide bonds. The smallest absolute Gasteiger partial charge is 0.119 e. The molecule has 14 heavy (non-hydrogen) atoms. The molecule has 0 bridgehead atoms. The van der Waals surface area contributed by atoms with E-state index in [0.29, 0.717) is 12.5 Å². The Hall–Kier alpha value is -0.450. The summed E-state index contributed by atoms with van der Waals surface area (Å²) in [6, 6.07) is 0. The molecule has 1 unspecified atom stereocenters. The van der Waals surface area contributed by atoms with Crippen molar-refractivity contribution < 1.29 is 4.74 Å². The summed E-state index contributed by atoms with van der Waals surface area (Å²) in [7, 11) is 0. The van der Waals surface area contributed by atoms with Crippen LogP contribution in [0.25, 0.3) is 0 Å². The highest BCUT2D eigenvalue weighted by Crippen LogP contribution is 2.12. The molecule has 1 aromatic rings. The minimum atomic E-state index is 0.676. The molecule has 4 heteroatoms. The number of thiazole rings is 1. The summed E-state index contributed by atoms with van der Waals surface area (Å²) in [5.74, 6) is 0.705. The van der Waals surface area contributed by atoms with Gasteiger partial charge >= 0.3 is 0 Å². The van der Waals surface area contributed by atoms with Crippen molar-refractivity contribution in [3.63, 3.8) is 0 Å². The third-order valence-corrected chi connectivity index (χ3v) is 3.35. The van der Waals surface area contributed by atoms with Crippen LogP contribution in [0, 0.1) is 12.8 Å². The van der Waals surface area contributed by atoms with Crippen LogP contribution in [0.15, 0.2) is 5.38 Å². The Kier molecular flexibility index (Phi) is 3.50. The number of ether oxygens (including phenoxy) is 1. The lowest BCUT2D eigenvalue weighted by atomic mass is 10.1. The van der Waals surface area contributed by atoms with Crippen LogP contribution in [0.4, 0.5) is 0 Å². The fourth-order valence-corrected chi connectivity index (χ4v) is 2.35. The van der Waals surface area contributed by atoms with Crippen LogP contribution in [0.1, 0.15) is 17.1 Å². The summed E-state index contributed by atoms with van der Waals surface area (Å²) in [4.78, 5) is 4.35. The maximum absolute atomic E-state index is 5.62. The zero-order valence-corrected chi connectivity index (χ0v) is 9.27. The van der Waals surface area contributed by atoms with Gasteiger partial charge in [0.05, 0.1) is 13.2 Å². The predicted molar refractivity (Wildman–Crippen MR) is 57.5 cm³/mol. The summed E-state index contributed by atoms with van der Waals surface area (Å²) in [6.07, 6.45) is 1.25. The molecule has 0 radical (unpaired) electrons. The normalized spacial score (nSPS) is 21.6. The maximum atomic E-state index is 5.62. The van der Waals surface area contributed by atoms with Crippen LogP contribution in [-0.2, 0) is 11.3 Å². The van der Waals surface area contributed by atoms with Gasteiger partial charge < -0.3 is 10.1 Å². The lowest BCUT2D eigenvalue weighted by molar-refractivity contribution is 0.0923. The standard InChI is InChI=1S/C10H16N2OS/c1-8-7-14-10(12-8)6-13-5-9-2-3-11-4-9/h7,9,11H,2-6H2,1H3. The number of hydrogen-bond acceptors (Lipinski definition) is 4. The Morgan fingerprint density at radius 2 is 2.64 bits per heavy atom. The fourth-order valence-electron chi connectivity index (χ4n) is 1.64. The lowest BCUT2D eigenvalue weighted by Gasteiger charge is -2.07. The van der Waals surface area contributed by atoms with Crippen molar-refractivity contribution in [1.29, 1.82) is 0 Å². The Balaban J connectivity index is 1.67. The average molecular weight is 212 g/mol. The van der Waals surface area contributed by atoms with E-state index < -0.39 is 0 Å². The minimum absolute atomic E-state index is 0.676. The van der Waals surface area contributed by atoms with Crippen molar-refractivity contribution in [2.45, 2.75) is 20.0 Å². The zero-order chi connectivity index (χ0) is 9.80. The quantitative estimate of drug-likeness (QED) is 0.822. The van der Waals surface area contributed by atoms with Crippen molar-refractivity contribution >= 4 is 11.3 Å². The Labute approximate surface area is 88.5 Å². The molecule has 1 aromatic heterocycles. The van der Waals surface area contributed by atoms with Gasteiger partial charge in [-0.15, -0.1) is 11.3 Å². The van der Waals surface area contributed by atoms with Gasteiger partial charge in [0.1, 0.15) is 5.01 Å². The molecule has 2 rings (SSSR count). The first kappa shape index (κ1) is 10.1. The monoisotopic (exact) mass is 212 g/mol. The molecule has 0 spiro atoms. The molecule has 1 aliphatic heterocycles. The van der Waals surface area contributed by atoms with Crippen LogP contribution >= 0.6 is 11.3 Å². The van der Waals surface area contributed by atoms with E-state index in [-0.39, 0.29) is 0 Å². The molecular weight excluding hydrogens is 196 g/mol. The van der Waals surface area contributed by atoms with Crippen molar-refractivity contribution in [3.05, 3.63) is 16.1 Å². The van der Waals surface area contributed by atoms with Gasteiger partial charge in [0.15, 0.2) is 0 Å². The maximum Gasteiger partial charge on any atom is 0.119 e. The molecule has 0 aliphatic carbocycles. The average Bonchev–Trinajstić information content (AvgIpc) is 2.77. The van der Waals surface area contributed by atoms with E-state index in [9.17, 15) is 0 Å². The highest BCUT2D eigenvalue weighted by atomic mass is 32.1. The Morgan fingerprint density at radius 3 is 3.29 bits per heavy atom. The van der Waals surface area contributed by atoms with Crippen molar-refractivity contribution in [1.82, 2.24) is 10.3 Å². The van der Waals surface area contributed by atoms with Crippen molar-refractivity contribution in [2.75, 3.05) is 19.7 Å². The van der Waals surface area contributed by atoms with Gasteiger partial charge in [0.25, 0.3) is 0 Å². The molecular formula is C10H16N2OS. The number of nitrogens with zero attached hydrogens (tertiary/aromatic N) is 1. The van der Waals surface area contributed by atoms with Crippen molar-refractivity contribution in [3.8, 4) is 0 Å². The Morgan fingerprint density at radius 1 is 1.71 bits per heavy atom. The van der Waals surface area contributed by atoms with Gasteiger partial charge in [0.2, 0.25) is 0 Å². The highest BCUT2D eigenvalue weighted by molar-refractivity contribution is 7.09. The van der Waals surface area contributed by atoms with Gasteiger partial charge in [-0.25, -0.2) is 4.98 Å². The van der Waals surface area contributed by atoms with Gasteiger partial charge in [-0.2, -0.15) is 0 Å². The molecule has 1 aliphatic rings. The number of aryl methyl sites for hydroxylation is 1. The van der Waals surface area contributed by atoms with E-state index in [2.05, 4.69) is 15.7 Å². The van der Waals surface area contributed by atoms with Crippen LogP contribution in [-0.4, -0.2) is 24.7 Å². The van der Waals surface area contributed by atoms with Gasteiger partial charge in [-0.05, 0) is 25.8 Å². The zero-order valence-electron chi connectivity index (χ0n) is 8.45. The fraction of sp³-hybridized carbons (Fsp3) is 0.700. The van der Waals surface area contributed by atoms with Crippen LogP contribution < -0.4 is 5.32 Å². The summed E-state index contributed by atoms with van der Waals surface area (Å²) >= 11 is 1.68. The van der Waals surface area contributed by atoms with Crippen LogP contribution in [0.2, 0.25) is 0 Å². The first-order valence-corrected chi connectivity index (χ1v) is 5.92. The molecule has 1 atom stereocenters. The number of hydrogen-bond donors (Lipinski definition) is 1.